The van der Waals surface area contributed by atoms with Crippen LogP contribution < -0.4 is 4.90 Å². The Bertz CT molecular complexity index is 823. The first-order valence-electron chi connectivity index (χ1n) is 7.37. The fraction of sp³-hybridized carbons (Fsp3) is 0.375. The largest absolute Gasteiger partial charge is 0.348 e. The zero-order valence-electron chi connectivity index (χ0n) is 12.9. The summed E-state index contributed by atoms with van der Waals surface area (Å²) in [5, 5.41) is 5.30. The van der Waals surface area contributed by atoms with Crippen LogP contribution in [0.3, 0.4) is 0 Å². The Morgan fingerprint density at radius 1 is 1.23 bits per heavy atom. The fourth-order valence-corrected chi connectivity index (χ4v) is 3.47. The fourth-order valence-electron chi connectivity index (χ4n) is 3.47. The summed E-state index contributed by atoms with van der Waals surface area (Å²) in [5.74, 6) is 0.950. The molecule has 0 aliphatic carbocycles. The normalized spacial score (nSPS) is 20.1. The summed E-state index contributed by atoms with van der Waals surface area (Å²) in [7, 11) is 1.90. The summed E-state index contributed by atoms with van der Waals surface area (Å²) in [6.07, 6.45) is 7.21. The highest BCUT2D eigenvalue weighted by atomic mass is 15.3. The Balaban J connectivity index is 1.82. The van der Waals surface area contributed by atoms with Gasteiger partial charge >= 0.3 is 0 Å². The van der Waals surface area contributed by atoms with Crippen molar-refractivity contribution in [2.45, 2.75) is 19.9 Å². The summed E-state index contributed by atoms with van der Waals surface area (Å²) >= 11 is 0. The number of anilines is 1. The first-order chi connectivity index (χ1) is 10.6. The molecule has 4 heterocycles. The second kappa shape index (κ2) is 4.50. The van der Waals surface area contributed by atoms with Gasteiger partial charge in [-0.3, -0.25) is 9.67 Å². The number of pyridine rings is 1. The molecule has 0 saturated carbocycles. The van der Waals surface area contributed by atoms with E-state index in [9.17, 15) is 0 Å². The number of nitrogens with zero attached hydrogens (tertiary/aromatic N) is 6. The van der Waals surface area contributed by atoms with E-state index in [1.165, 1.54) is 5.56 Å². The molecule has 3 aromatic rings. The molecular formula is C16H18N6. The molecule has 4 rings (SSSR count). The number of aromatic nitrogens is 5. The smallest absolute Gasteiger partial charge is 0.163 e. The topological polar surface area (TPSA) is 59.7 Å². The maximum Gasteiger partial charge on any atom is 0.163 e. The molecule has 0 amide bonds. The van der Waals surface area contributed by atoms with Crippen LogP contribution in [0, 0.1) is 5.41 Å². The second-order valence-corrected chi connectivity index (χ2v) is 6.51. The predicted molar refractivity (Wildman–Crippen MR) is 84.4 cm³/mol. The van der Waals surface area contributed by atoms with Crippen LogP contribution >= 0.6 is 0 Å². The van der Waals surface area contributed by atoms with E-state index in [-0.39, 0.29) is 11.5 Å². The third-order valence-corrected chi connectivity index (χ3v) is 4.41. The van der Waals surface area contributed by atoms with Gasteiger partial charge in [-0.25, -0.2) is 9.97 Å². The molecule has 22 heavy (non-hydrogen) atoms. The molecule has 0 N–H and O–H groups in total. The monoisotopic (exact) mass is 294 g/mol. The molecule has 1 aliphatic rings. The molecule has 1 aliphatic heterocycles. The summed E-state index contributed by atoms with van der Waals surface area (Å²) < 4.78 is 1.78. The summed E-state index contributed by atoms with van der Waals surface area (Å²) in [6, 6.07) is 4.38. The number of fused-ring (bicyclic) bond motifs is 1. The molecule has 112 valence electrons. The Morgan fingerprint density at radius 2 is 2.09 bits per heavy atom. The summed E-state index contributed by atoms with van der Waals surface area (Å²) in [4.78, 5) is 15.4. The summed E-state index contributed by atoms with van der Waals surface area (Å²) in [6.45, 7) is 5.51. The molecule has 0 spiro atoms. The van der Waals surface area contributed by atoms with E-state index in [1.807, 2.05) is 31.7 Å². The maximum atomic E-state index is 4.52. The summed E-state index contributed by atoms with van der Waals surface area (Å²) in [5.41, 5.74) is 2.26. The van der Waals surface area contributed by atoms with Crippen molar-refractivity contribution >= 4 is 16.9 Å². The van der Waals surface area contributed by atoms with E-state index in [2.05, 4.69) is 44.9 Å². The van der Waals surface area contributed by atoms with Gasteiger partial charge in [0.1, 0.15) is 12.1 Å². The molecule has 6 heteroatoms. The van der Waals surface area contributed by atoms with Gasteiger partial charge in [0.05, 0.1) is 17.6 Å². The van der Waals surface area contributed by atoms with Gasteiger partial charge in [0, 0.05) is 31.4 Å². The third kappa shape index (κ3) is 1.80. The van der Waals surface area contributed by atoms with Gasteiger partial charge in [0.2, 0.25) is 0 Å². The van der Waals surface area contributed by atoms with Crippen molar-refractivity contribution in [3.05, 3.63) is 42.6 Å². The van der Waals surface area contributed by atoms with Crippen LogP contribution in [0.4, 0.5) is 5.82 Å². The van der Waals surface area contributed by atoms with Crippen molar-refractivity contribution in [2.24, 2.45) is 12.5 Å². The highest BCUT2D eigenvalue weighted by molar-refractivity contribution is 5.87. The molecule has 1 atom stereocenters. The van der Waals surface area contributed by atoms with Crippen molar-refractivity contribution in [2.75, 3.05) is 11.4 Å². The zero-order chi connectivity index (χ0) is 15.3. The maximum absolute atomic E-state index is 4.52. The van der Waals surface area contributed by atoms with Crippen LogP contribution in [0.5, 0.6) is 0 Å². The van der Waals surface area contributed by atoms with Gasteiger partial charge in [-0.1, -0.05) is 19.9 Å². The molecule has 3 aromatic heterocycles. The highest BCUT2D eigenvalue weighted by Crippen LogP contribution is 2.50. The molecule has 1 fully saturated rings. The molecule has 6 nitrogen and oxygen atoms in total. The van der Waals surface area contributed by atoms with Crippen molar-refractivity contribution in [1.82, 2.24) is 24.7 Å². The van der Waals surface area contributed by atoms with Crippen LogP contribution in [0.25, 0.3) is 11.0 Å². The highest BCUT2D eigenvalue weighted by Gasteiger charge is 2.47. The quantitative estimate of drug-likeness (QED) is 0.726. The number of hydrogen-bond donors (Lipinski definition) is 0. The van der Waals surface area contributed by atoms with Gasteiger partial charge in [-0.2, -0.15) is 5.10 Å². The average Bonchev–Trinajstić information content (AvgIpc) is 2.88. The van der Waals surface area contributed by atoms with Crippen LogP contribution in [0.1, 0.15) is 25.5 Å². The van der Waals surface area contributed by atoms with Gasteiger partial charge in [-0.15, -0.1) is 0 Å². The zero-order valence-corrected chi connectivity index (χ0v) is 12.9. The van der Waals surface area contributed by atoms with Gasteiger partial charge < -0.3 is 4.90 Å². The van der Waals surface area contributed by atoms with Crippen molar-refractivity contribution in [3.8, 4) is 0 Å². The van der Waals surface area contributed by atoms with Crippen LogP contribution in [-0.2, 0) is 7.05 Å². The minimum Gasteiger partial charge on any atom is -0.348 e. The Morgan fingerprint density at radius 3 is 2.82 bits per heavy atom. The van der Waals surface area contributed by atoms with Crippen molar-refractivity contribution < 1.29 is 0 Å². The van der Waals surface area contributed by atoms with E-state index in [0.29, 0.717) is 0 Å². The van der Waals surface area contributed by atoms with Crippen LogP contribution in [0.15, 0.2) is 37.1 Å². The molecule has 1 saturated heterocycles. The first-order valence-corrected chi connectivity index (χ1v) is 7.37. The standard InChI is InChI=1S/C16H18N6/c1-16(2)9-22(13(16)11-5-4-6-17-7-11)15-12-8-20-21(3)14(12)18-10-19-15/h4-8,10,13H,9H2,1-3H3. The first kappa shape index (κ1) is 13.2. The van der Waals surface area contributed by atoms with E-state index in [0.717, 1.165) is 23.4 Å². The third-order valence-electron chi connectivity index (χ3n) is 4.41. The number of rotatable bonds is 2. The molecule has 1 unspecified atom stereocenters. The van der Waals surface area contributed by atoms with Crippen LogP contribution in [-0.4, -0.2) is 31.3 Å². The Hall–Kier alpha value is -2.50. The number of aryl methyl sites for hydroxylation is 1. The average molecular weight is 294 g/mol. The van der Waals surface area contributed by atoms with E-state index >= 15 is 0 Å². The molecule has 0 bridgehead atoms. The lowest BCUT2D eigenvalue weighted by molar-refractivity contribution is 0.179. The SMILES string of the molecule is Cn1ncc2c(N3CC(C)(C)C3c3cccnc3)ncnc21. The van der Waals surface area contributed by atoms with E-state index in [4.69, 9.17) is 0 Å². The lowest BCUT2D eigenvalue weighted by atomic mass is 9.72. The Labute approximate surface area is 128 Å². The molecular weight excluding hydrogens is 276 g/mol. The number of hydrogen-bond acceptors (Lipinski definition) is 5. The van der Waals surface area contributed by atoms with Crippen LogP contribution in [0.2, 0.25) is 0 Å². The Kier molecular flexibility index (Phi) is 2.69. The van der Waals surface area contributed by atoms with Crippen molar-refractivity contribution in [3.63, 3.8) is 0 Å². The minimum atomic E-state index is 0.183. The van der Waals surface area contributed by atoms with Gasteiger partial charge in [0.15, 0.2) is 5.65 Å². The van der Waals surface area contributed by atoms with Crippen molar-refractivity contribution in [1.29, 1.82) is 0 Å². The van der Waals surface area contributed by atoms with E-state index in [1.54, 1.807) is 11.0 Å². The van der Waals surface area contributed by atoms with Gasteiger partial charge in [-0.05, 0) is 11.6 Å². The predicted octanol–water partition coefficient (Wildman–Crippen LogP) is 2.35. The van der Waals surface area contributed by atoms with E-state index < -0.39 is 0 Å². The lowest BCUT2D eigenvalue weighted by Crippen LogP contribution is -2.56. The molecule has 0 radical (unpaired) electrons. The molecule has 0 aromatic carbocycles. The second-order valence-electron chi connectivity index (χ2n) is 6.51. The lowest BCUT2D eigenvalue weighted by Gasteiger charge is -2.55. The van der Waals surface area contributed by atoms with Gasteiger partial charge in [0.25, 0.3) is 0 Å². The minimum absolute atomic E-state index is 0.183.